The molecule has 0 saturated carbocycles. The number of phenols is 1. The second kappa shape index (κ2) is 17.1. The zero-order chi connectivity index (χ0) is 29.5. The Labute approximate surface area is 241 Å². The number of nitrogens with zero attached hydrogens (tertiary/aromatic N) is 3. The van der Waals surface area contributed by atoms with Crippen LogP contribution in [0.1, 0.15) is 48.0 Å². The van der Waals surface area contributed by atoms with E-state index in [-0.39, 0.29) is 54.4 Å². The molecule has 1 unspecified atom stereocenters. The lowest BCUT2D eigenvalue weighted by Gasteiger charge is -2.23. The molecule has 3 N–H and O–H groups in total. The van der Waals surface area contributed by atoms with Gasteiger partial charge in [-0.3, -0.25) is 9.59 Å². The fraction of sp³-hybridized carbons (Fsp3) is 0.500. The van der Waals surface area contributed by atoms with Crippen LogP contribution in [0.25, 0.3) is 0 Å². The molecule has 1 atom stereocenters. The van der Waals surface area contributed by atoms with Crippen molar-refractivity contribution in [2.45, 2.75) is 38.2 Å². The summed E-state index contributed by atoms with van der Waals surface area (Å²) in [6.45, 7) is 4.02. The van der Waals surface area contributed by atoms with E-state index in [9.17, 15) is 19.8 Å². The number of carbonyl (C=O) groups excluding carboxylic acids is 2. The number of rotatable bonds is 15. The van der Waals surface area contributed by atoms with Gasteiger partial charge in [0.05, 0.1) is 20.4 Å². The molecule has 0 bridgehead atoms. The zero-order valence-corrected chi connectivity index (χ0v) is 24.0. The molecule has 2 aromatic rings. The maximum Gasteiger partial charge on any atom is 0.251 e. The number of aromatic hydroxyl groups is 1. The average molecular weight is 571 g/mol. The van der Waals surface area contributed by atoms with Crippen LogP contribution in [0, 0.1) is 0 Å². The third kappa shape index (κ3) is 10.3. The number of carbonyl (C=O) groups is 2. The van der Waals surface area contributed by atoms with Crippen molar-refractivity contribution in [2.24, 2.45) is 5.16 Å². The molecule has 3 rings (SSSR count). The summed E-state index contributed by atoms with van der Waals surface area (Å²) in [5.74, 6) is -0.231. The Balaban J connectivity index is 1.41. The van der Waals surface area contributed by atoms with E-state index in [1.807, 2.05) is 35.2 Å². The van der Waals surface area contributed by atoms with Gasteiger partial charge < -0.3 is 39.6 Å². The molecule has 11 nitrogen and oxygen atoms in total. The zero-order valence-electron chi connectivity index (χ0n) is 24.0. The van der Waals surface area contributed by atoms with Crippen LogP contribution in [0.15, 0.2) is 47.6 Å². The number of hydrogen-bond donors (Lipinski definition) is 3. The van der Waals surface area contributed by atoms with Crippen molar-refractivity contribution in [2.75, 3.05) is 60.1 Å². The molecule has 1 heterocycles. The van der Waals surface area contributed by atoms with Crippen molar-refractivity contribution >= 4 is 18.0 Å². The predicted molar refractivity (Wildman–Crippen MR) is 156 cm³/mol. The number of nitrogens with one attached hydrogen (secondary N) is 1. The van der Waals surface area contributed by atoms with Crippen LogP contribution in [0.2, 0.25) is 0 Å². The smallest absolute Gasteiger partial charge is 0.251 e. The molecule has 41 heavy (non-hydrogen) atoms. The minimum Gasteiger partial charge on any atom is -0.504 e. The third-order valence-electron chi connectivity index (χ3n) is 6.95. The van der Waals surface area contributed by atoms with Crippen LogP contribution in [0.4, 0.5) is 0 Å². The van der Waals surface area contributed by atoms with Gasteiger partial charge >= 0.3 is 0 Å². The van der Waals surface area contributed by atoms with Gasteiger partial charge in [0.25, 0.3) is 5.91 Å². The first-order valence-corrected chi connectivity index (χ1v) is 14.0. The highest BCUT2D eigenvalue weighted by Gasteiger charge is 2.21. The van der Waals surface area contributed by atoms with Crippen LogP contribution < -0.4 is 14.8 Å². The molecule has 11 heteroatoms. The van der Waals surface area contributed by atoms with E-state index in [4.69, 9.17) is 14.3 Å². The molecule has 1 aliphatic heterocycles. The highest BCUT2D eigenvalue weighted by Crippen LogP contribution is 2.37. The average Bonchev–Trinajstić information content (AvgIpc) is 3.24. The number of oxime groups is 1. The van der Waals surface area contributed by atoms with E-state index in [1.165, 1.54) is 26.4 Å². The van der Waals surface area contributed by atoms with E-state index in [0.29, 0.717) is 19.5 Å². The number of phenolic OH excluding ortho intramolecular Hbond substituents is 1. The van der Waals surface area contributed by atoms with Gasteiger partial charge in [-0.25, -0.2) is 0 Å². The molecule has 0 radical (unpaired) electrons. The lowest BCUT2D eigenvalue weighted by atomic mass is 10.1. The summed E-state index contributed by atoms with van der Waals surface area (Å²) >= 11 is 0. The second-order valence-electron chi connectivity index (χ2n) is 9.84. The van der Waals surface area contributed by atoms with Crippen molar-refractivity contribution in [3.05, 3.63) is 53.6 Å². The van der Waals surface area contributed by atoms with Gasteiger partial charge in [-0.2, -0.15) is 0 Å². The maximum absolute atomic E-state index is 12.9. The van der Waals surface area contributed by atoms with Crippen LogP contribution in [0.3, 0.4) is 0 Å². The lowest BCUT2D eigenvalue weighted by Crippen LogP contribution is -2.37. The number of benzene rings is 2. The molecule has 0 spiro atoms. The maximum atomic E-state index is 12.9. The number of aliphatic hydroxyl groups excluding tert-OH is 1. The predicted octanol–water partition coefficient (Wildman–Crippen LogP) is 2.65. The number of hydrogen-bond acceptors (Lipinski definition) is 9. The first kappa shape index (κ1) is 31.7. The van der Waals surface area contributed by atoms with Gasteiger partial charge in [-0.1, -0.05) is 35.5 Å². The Morgan fingerprint density at radius 2 is 1.88 bits per heavy atom. The molecule has 2 amide bonds. The lowest BCUT2D eigenvalue weighted by molar-refractivity contribution is -0.130. The molecule has 1 aliphatic rings. The van der Waals surface area contributed by atoms with Gasteiger partial charge in [-0.15, -0.1) is 0 Å². The second-order valence-corrected chi connectivity index (χ2v) is 9.84. The summed E-state index contributed by atoms with van der Waals surface area (Å²) in [5, 5.41) is 26.3. The van der Waals surface area contributed by atoms with E-state index < -0.39 is 5.91 Å². The van der Waals surface area contributed by atoms with Crippen molar-refractivity contribution in [1.82, 2.24) is 15.1 Å². The highest BCUT2D eigenvalue weighted by atomic mass is 16.6. The molecule has 1 saturated heterocycles. The van der Waals surface area contributed by atoms with Crippen LogP contribution in [0.5, 0.6) is 17.2 Å². The Kier molecular flexibility index (Phi) is 13.2. The number of amides is 2. The standard InChI is InChI=1S/C30H42N4O7/c1-39-27-21-24(20-26(36)29(27)40-2)30(38)31-13-11-28(37)34-15-7-14-33(17-18-34)16-12-25(10-6-19-35)41-32-22-23-8-4-3-5-9-23/h3-5,8-9,20-22,25,35-36H,6-7,10-19H2,1-2H3,(H,31,38)/b32-22+. The van der Waals surface area contributed by atoms with E-state index >= 15 is 0 Å². The van der Waals surface area contributed by atoms with Gasteiger partial charge in [-0.05, 0) is 49.9 Å². The summed E-state index contributed by atoms with van der Waals surface area (Å²) in [4.78, 5) is 35.4. The first-order chi connectivity index (χ1) is 19.9. The van der Waals surface area contributed by atoms with Crippen molar-refractivity contribution in [1.29, 1.82) is 0 Å². The van der Waals surface area contributed by atoms with E-state index in [0.717, 1.165) is 44.5 Å². The highest BCUT2D eigenvalue weighted by molar-refractivity contribution is 5.95. The Bertz CT molecular complexity index is 1130. The molecule has 224 valence electrons. The quantitative estimate of drug-likeness (QED) is 0.220. The van der Waals surface area contributed by atoms with Crippen LogP contribution >= 0.6 is 0 Å². The largest absolute Gasteiger partial charge is 0.504 e. The SMILES string of the molecule is COc1cc(C(=O)NCCC(=O)N2CCCN(CCC(CCCO)O/N=C/c3ccccc3)CC2)cc(O)c1OC. The number of ether oxygens (including phenoxy) is 2. The van der Waals surface area contributed by atoms with Crippen molar-refractivity contribution in [3.63, 3.8) is 0 Å². The Hall–Kier alpha value is -3.83. The fourth-order valence-electron chi connectivity index (χ4n) is 4.67. The molecular formula is C30H42N4O7. The minimum absolute atomic E-state index is 0.0123. The van der Waals surface area contributed by atoms with Gasteiger partial charge in [0.1, 0.15) is 6.10 Å². The van der Waals surface area contributed by atoms with Crippen molar-refractivity contribution in [3.8, 4) is 17.2 Å². The van der Waals surface area contributed by atoms with Gasteiger partial charge in [0.15, 0.2) is 11.5 Å². The van der Waals surface area contributed by atoms with Crippen molar-refractivity contribution < 1.29 is 34.1 Å². The molecule has 0 aliphatic carbocycles. The normalized spacial score (nSPS) is 14.9. The number of methoxy groups -OCH3 is 2. The molecular weight excluding hydrogens is 528 g/mol. The topological polar surface area (TPSA) is 133 Å². The molecule has 2 aromatic carbocycles. The summed E-state index contributed by atoms with van der Waals surface area (Å²) in [7, 11) is 2.82. The Morgan fingerprint density at radius 3 is 2.61 bits per heavy atom. The molecule has 1 fully saturated rings. The first-order valence-electron chi connectivity index (χ1n) is 14.0. The monoisotopic (exact) mass is 570 g/mol. The fourth-order valence-corrected chi connectivity index (χ4v) is 4.67. The summed E-state index contributed by atoms with van der Waals surface area (Å²) < 4.78 is 10.3. The minimum atomic E-state index is -0.415. The van der Waals surface area contributed by atoms with Crippen LogP contribution in [-0.4, -0.2) is 104 Å². The number of aliphatic hydroxyl groups is 1. The van der Waals surface area contributed by atoms with Crippen LogP contribution in [-0.2, 0) is 9.63 Å². The Morgan fingerprint density at radius 1 is 1.07 bits per heavy atom. The molecule has 0 aromatic heterocycles. The summed E-state index contributed by atoms with van der Waals surface area (Å²) in [6.07, 6.45) is 4.78. The third-order valence-corrected chi connectivity index (χ3v) is 6.95. The van der Waals surface area contributed by atoms with E-state index in [2.05, 4.69) is 15.4 Å². The van der Waals surface area contributed by atoms with Gasteiger partial charge in [0, 0.05) is 51.3 Å². The van der Waals surface area contributed by atoms with Gasteiger partial charge in [0.2, 0.25) is 11.7 Å². The summed E-state index contributed by atoms with van der Waals surface area (Å²) in [6, 6.07) is 12.5. The van der Waals surface area contributed by atoms with E-state index in [1.54, 1.807) is 6.21 Å². The summed E-state index contributed by atoms with van der Waals surface area (Å²) in [5.41, 5.74) is 1.18.